The van der Waals surface area contributed by atoms with Crippen molar-refractivity contribution < 1.29 is 9.59 Å². The Balaban J connectivity index is 1.65. The number of rotatable bonds is 2. The number of fused-ring (bicyclic) bond motifs is 1. The molecule has 1 atom stereocenters. The summed E-state index contributed by atoms with van der Waals surface area (Å²) in [5, 5.41) is 0. The number of nitrogens with zero attached hydrogens (tertiary/aromatic N) is 4. The Hall–Kier alpha value is -2.76. The van der Waals surface area contributed by atoms with Crippen LogP contribution in [0.3, 0.4) is 0 Å². The van der Waals surface area contributed by atoms with Crippen LogP contribution in [0.4, 0.5) is 5.82 Å². The highest BCUT2D eigenvalue weighted by molar-refractivity contribution is 6.00. The van der Waals surface area contributed by atoms with Gasteiger partial charge in [0, 0.05) is 42.4 Å². The number of benzene rings is 1. The van der Waals surface area contributed by atoms with Crippen LogP contribution in [0.5, 0.6) is 0 Å². The lowest BCUT2D eigenvalue weighted by atomic mass is 9.80. The van der Waals surface area contributed by atoms with Gasteiger partial charge in [0.05, 0.1) is 6.42 Å². The summed E-state index contributed by atoms with van der Waals surface area (Å²) in [6, 6.07) is 9.39. The molecule has 3 heterocycles. The third-order valence-corrected chi connectivity index (χ3v) is 5.76. The van der Waals surface area contributed by atoms with Crippen LogP contribution in [0.1, 0.15) is 47.2 Å². The van der Waals surface area contributed by atoms with Gasteiger partial charge in [0.25, 0.3) is 5.91 Å². The molecule has 0 spiro atoms. The van der Waals surface area contributed by atoms with Crippen LogP contribution in [0.2, 0.25) is 0 Å². The Morgan fingerprint density at radius 3 is 2.67 bits per heavy atom. The standard InChI is InChI=1S/C21H24N4O2/c1-14-16-12-17(26)24(3)18(16)23-20(22-14)21(2)10-7-11-25(13-21)19(27)15-8-5-4-6-9-15/h4-6,8-9H,7,10-13H2,1-3H3. The smallest absolute Gasteiger partial charge is 0.253 e. The quantitative estimate of drug-likeness (QED) is 0.821. The van der Waals surface area contributed by atoms with Crippen molar-refractivity contribution in [3.63, 3.8) is 0 Å². The van der Waals surface area contributed by atoms with Crippen molar-refractivity contribution in [2.75, 3.05) is 25.0 Å². The maximum atomic E-state index is 12.9. The number of anilines is 1. The van der Waals surface area contributed by atoms with E-state index in [2.05, 4.69) is 6.92 Å². The first-order valence-corrected chi connectivity index (χ1v) is 9.38. The predicted octanol–water partition coefficient (Wildman–Crippen LogP) is 2.50. The van der Waals surface area contributed by atoms with Gasteiger partial charge in [0.1, 0.15) is 11.6 Å². The van der Waals surface area contributed by atoms with E-state index >= 15 is 0 Å². The molecule has 6 heteroatoms. The molecule has 0 N–H and O–H groups in total. The molecule has 0 radical (unpaired) electrons. The largest absolute Gasteiger partial charge is 0.338 e. The molecule has 1 aromatic carbocycles. The first-order chi connectivity index (χ1) is 12.9. The molecule has 2 aromatic rings. The fourth-order valence-corrected chi connectivity index (χ4v) is 4.08. The summed E-state index contributed by atoms with van der Waals surface area (Å²) in [7, 11) is 1.76. The van der Waals surface area contributed by atoms with E-state index in [9.17, 15) is 9.59 Å². The Labute approximate surface area is 159 Å². The molecule has 0 saturated carbocycles. The summed E-state index contributed by atoms with van der Waals surface area (Å²) in [4.78, 5) is 38.0. The van der Waals surface area contributed by atoms with Crippen molar-refractivity contribution >= 4 is 17.6 Å². The lowest BCUT2D eigenvalue weighted by molar-refractivity contribution is -0.117. The SMILES string of the molecule is Cc1nc(C2(C)CCCN(C(=O)c3ccccc3)C2)nc2c1CC(=O)N2C. The van der Waals surface area contributed by atoms with E-state index < -0.39 is 0 Å². The van der Waals surface area contributed by atoms with Gasteiger partial charge in [-0.3, -0.25) is 14.5 Å². The lowest BCUT2D eigenvalue weighted by Gasteiger charge is -2.39. The van der Waals surface area contributed by atoms with E-state index in [1.165, 1.54) is 0 Å². The minimum absolute atomic E-state index is 0.0479. The average Bonchev–Trinajstić information content (AvgIpc) is 2.97. The maximum Gasteiger partial charge on any atom is 0.253 e. The molecular weight excluding hydrogens is 340 g/mol. The number of hydrogen-bond acceptors (Lipinski definition) is 4. The summed E-state index contributed by atoms with van der Waals surface area (Å²) >= 11 is 0. The van der Waals surface area contributed by atoms with E-state index in [1.54, 1.807) is 11.9 Å². The zero-order valence-electron chi connectivity index (χ0n) is 16.0. The van der Waals surface area contributed by atoms with Crippen molar-refractivity contribution in [2.24, 2.45) is 0 Å². The zero-order chi connectivity index (χ0) is 19.2. The van der Waals surface area contributed by atoms with Gasteiger partial charge in [-0.2, -0.15) is 0 Å². The van der Waals surface area contributed by atoms with Crippen LogP contribution in [0.15, 0.2) is 30.3 Å². The third kappa shape index (κ3) is 2.99. The summed E-state index contributed by atoms with van der Waals surface area (Å²) in [5.41, 5.74) is 2.16. The van der Waals surface area contributed by atoms with Gasteiger partial charge in [0.2, 0.25) is 5.91 Å². The second kappa shape index (κ2) is 6.44. The molecule has 140 valence electrons. The number of likely N-dealkylation sites (tertiary alicyclic amines) is 1. The van der Waals surface area contributed by atoms with Gasteiger partial charge in [-0.15, -0.1) is 0 Å². The van der Waals surface area contributed by atoms with Crippen molar-refractivity contribution in [2.45, 2.75) is 38.5 Å². The number of aryl methyl sites for hydroxylation is 1. The van der Waals surface area contributed by atoms with Crippen LogP contribution in [0.25, 0.3) is 0 Å². The molecule has 2 aliphatic heterocycles. The lowest BCUT2D eigenvalue weighted by Crippen LogP contribution is -2.48. The van der Waals surface area contributed by atoms with Crippen LogP contribution in [-0.2, 0) is 16.6 Å². The monoisotopic (exact) mass is 364 g/mol. The maximum absolute atomic E-state index is 12.9. The summed E-state index contributed by atoms with van der Waals surface area (Å²) in [6.07, 6.45) is 2.19. The Morgan fingerprint density at radius 2 is 1.93 bits per heavy atom. The van der Waals surface area contributed by atoms with Gasteiger partial charge in [-0.25, -0.2) is 9.97 Å². The molecule has 6 nitrogen and oxygen atoms in total. The van der Waals surface area contributed by atoms with Gasteiger partial charge in [-0.1, -0.05) is 25.1 Å². The third-order valence-electron chi connectivity index (χ3n) is 5.76. The van der Waals surface area contributed by atoms with Crippen LogP contribution in [-0.4, -0.2) is 46.8 Å². The first-order valence-electron chi connectivity index (χ1n) is 9.38. The number of piperidine rings is 1. The van der Waals surface area contributed by atoms with E-state index in [4.69, 9.17) is 9.97 Å². The molecule has 4 rings (SSSR count). The highest BCUT2D eigenvalue weighted by Crippen LogP contribution is 2.36. The molecule has 2 aliphatic rings. The molecule has 1 saturated heterocycles. The fourth-order valence-electron chi connectivity index (χ4n) is 4.08. The number of hydrogen-bond donors (Lipinski definition) is 0. The molecule has 1 aromatic heterocycles. The summed E-state index contributed by atoms with van der Waals surface area (Å²) in [5.74, 6) is 1.54. The van der Waals surface area contributed by atoms with E-state index in [0.29, 0.717) is 18.5 Å². The summed E-state index contributed by atoms with van der Waals surface area (Å²) in [6.45, 7) is 5.38. The molecule has 0 bridgehead atoms. The minimum atomic E-state index is -0.324. The van der Waals surface area contributed by atoms with E-state index in [0.717, 1.165) is 42.3 Å². The topological polar surface area (TPSA) is 66.4 Å². The van der Waals surface area contributed by atoms with Crippen LogP contribution >= 0.6 is 0 Å². The molecule has 27 heavy (non-hydrogen) atoms. The molecule has 1 unspecified atom stereocenters. The van der Waals surface area contributed by atoms with Gasteiger partial charge in [-0.05, 0) is 31.9 Å². The predicted molar refractivity (Wildman–Crippen MR) is 103 cm³/mol. The van der Waals surface area contributed by atoms with Gasteiger partial charge >= 0.3 is 0 Å². The minimum Gasteiger partial charge on any atom is -0.338 e. The number of aromatic nitrogens is 2. The average molecular weight is 364 g/mol. The normalized spacial score (nSPS) is 22.1. The van der Waals surface area contributed by atoms with Crippen molar-refractivity contribution in [1.82, 2.24) is 14.9 Å². The molecular formula is C21H24N4O2. The van der Waals surface area contributed by atoms with E-state index in [-0.39, 0.29) is 17.2 Å². The van der Waals surface area contributed by atoms with Crippen molar-refractivity contribution in [1.29, 1.82) is 0 Å². The fraction of sp³-hybridized carbons (Fsp3) is 0.429. The van der Waals surface area contributed by atoms with Crippen molar-refractivity contribution in [3.05, 3.63) is 53.0 Å². The molecule has 0 aliphatic carbocycles. The zero-order valence-corrected chi connectivity index (χ0v) is 16.0. The first kappa shape index (κ1) is 17.6. The molecule has 1 fully saturated rings. The highest BCUT2D eigenvalue weighted by atomic mass is 16.2. The van der Waals surface area contributed by atoms with Crippen LogP contribution in [0, 0.1) is 6.92 Å². The number of carbonyl (C=O) groups is 2. The van der Waals surface area contributed by atoms with Crippen molar-refractivity contribution in [3.8, 4) is 0 Å². The van der Waals surface area contributed by atoms with E-state index in [1.807, 2.05) is 42.2 Å². The molecule has 2 amide bonds. The van der Waals surface area contributed by atoms with Crippen LogP contribution < -0.4 is 4.90 Å². The Kier molecular flexibility index (Phi) is 4.21. The highest BCUT2D eigenvalue weighted by Gasteiger charge is 2.39. The van der Waals surface area contributed by atoms with Gasteiger partial charge in [0.15, 0.2) is 0 Å². The Bertz CT molecular complexity index is 912. The van der Waals surface area contributed by atoms with Gasteiger partial charge < -0.3 is 4.90 Å². The Morgan fingerprint density at radius 1 is 1.19 bits per heavy atom. The number of amides is 2. The summed E-state index contributed by atoms with van der Waals surface area (Å²) < 4.78 is 0. The second-order valence-corrected chi connectivity index (χ2v) is 7.82. The second-order valence-electron chi connectivity index (χ2n) is 7.82. The number of likely N-dealkylation sites (N-methyl/N-ethyl adjacent to an activating group) is 1. The number of carbonyl (C=O) groups excluding carboxylic acids is 2.